The molecule has 0 N–H and O–H groups in total. The number of hydrogen-bond donors (Lipinski definition) is 0. The molecule has 0 saturated carbocycles. The lowest BCUT2D eigenvalue weighted by Crippen LogP contribution is -2.05. The van der Waals surface area contributed by atoms with Crippen molar-refractivity contribution in [2.75, 3.05) is 6.61 Å². The average Bonchev–Trinajstić information content (AvgIpc) is 2.22. The van der Waals surface area contributed by atoms with Crippen molar-refractivity contribution in [2.24, 2.45) is 4.99 Å². The number of halogens is 2. The molecule has 1 rings (SSSR count). The van der Waals surface area contributed by atoms with E-state index in [2.05, 4.69) is 22.4 Å². The number of benzene rings is 1. The van der Waals surface area contributed by atoms with Gasteiger partial charge in [-0.15, -0.1) is 0 Å². The van der Waals surface area contributed by atoms with Crippen molar-refractivity contribution in [3.63, 3.8) is 0 Å². The molecule has 84 valence electrons. The molecule has 0 bridgehead atoms. The van der Waals surface area contributed by atoms with Gasteiger partial charge in [-0.1, -0.05) is 23.2 Å². The Balaban J connectivity index is 3.24. The number of esters is 1. The van der Waals surface area contributed by atoms with Gasteiger partial charge in [0.2, 0.25) is 0 Å². The van der Waals surface area contributed by atoms with Crippen LogP contribution in [0.25, 0.3) is 0 Å². The summed E-state index contributed by atoms with van der Waals surface area (Å²) in [5.74, 6) is -0.523. The van der Waals surface area contributed by atoms with Crippen molar-refractivity contribution in [1.82, 2.24) is 0 Å². The highest BCUT2D eigenvalue weighted by atomic mass is 35.5. The summed E-state index contributed by atoms with van der Waals surface area (Å²) in [6.45, 7) is 1.97. The van der Waals surface area contributed by atoms with Gasteiger partial charge in [0, 0.05) is 0 Å². The molecule has 1 aromatic rings. The van der Waals surface area contributed by atoms with Crippen LogP contribution in [0.3, 0.4) is 0 Å². The minimum atomic E-state index is -0.523. The quantitative estimate of drug-likeness (QED) is 0.477. The highest BCUT2D eigenvalue weighted by Gasteiger charge is 2.14. The van der Waals surface area contributed by atoms with Gasteiger partial charge in [0.15, 0.2) is 0 Å². The molecule has 0 aliphatic carbocycles. The fourth-order valence-corrected chi connectivity index (χ4v) is 1.64. The Kier molecular flexibility index (Phi) is 4.90. The number of aliphatic imine (C=N–C) groups is 1. The zero-order chi connectivity index (χ0) is 12.1. The summed E-state index contributed by atoms with van der Waals surface area (Å²) in [6.07, 6.45) is 0. The van der Waals surface area contributed by atoms with Crippen molar-refractivity contribution in [1.29, 1.82) is 0 Å². The molecule has 0 aromatic heterocycles. The predicted octanol–water partition coefficient (Wildman–Crippen LogP) is 3.90. The molecule has 0 aliphatic heterocycles. The Bertz CT molecular complexity index is 470. The Morgan fingerprint density at radius 2 is 2.19 bits per heavy atom. The van der Waals surface area contributed by atoms with Crippen molar-refractivity contribution in [3.05, 3.63) is 27.7 Å². The maximum atomic E-state index is 11.5. The summed E-state index contributed by atoms with van der Waals surface area (Å²) in [6, 6.07) is 2.84. The van der Waals surface area contributed by atoms with Crippen LogP contribution in [-0.2, 0) is 4.74 Å². The van der Waals surface area contributed by atoms with Crippen LogP contribution in [-0.4, -0.2) is 17.7 Å². The summed E-state index contributed by atoms with van der Waals surface area (Å²) in [7, 11) is 0. The van der Waals surface area contributed by atoms with E-state index in [0.29, 0.717) is 10.7 Å². The van der Waals surface area contributed by atoms with Gasteiger partial charge in [0.05, 0.1) is 33.1 Å². The smallest absolute Gasteiger partial charge is 0.339 e. The van der Waals surface area contributed by atoms with Gasteiger partial charge in [0.1, 0.15) is 0 Å². The van der Waals surface area contributed by atoms with E-state index in [1.165, 1.54) is 12.1 Å². The normalized spacial score (nSPS) is 9.44. The maximum Gasteiger partial charge on any atom is 0.339 e. The molecule has 0 amide bonds. The van der Waals surface area contributed by atoms with E-state index in [4.69, 9.17) is 27.9 Å². The second-order valence-electron chi connectivity index (χ2n) is 2.71. The maximum absolute atomic E-state index is 11.5. The summed E-state index contributed by atoms with van der Waals surface area (Å²) in [5.41, 5.74) is 0.543. The first-order valence-corrected chi connectivity index (χ1v) is 5.50. The van der Waals surface area contributed by atoms with Crippen LogP contribution >= 0.6 is 35.4 Å². The number of thiocarbonyl (C=S) groups is 1. The van der Waals surface area contributed by atoms with Gasteiger partial charge in [-0.2, -0.15) is 4.99 Å². The Morgan fingerprint density at radius 1 is 1.50 bits per heavy atom. The van der Waals surface area contributed by atoms with E-state index in [0.717, 1.165) is 0 Å². The Labute approximate surface area is 108 Å². The molecule has 1 aromatic carbocycles. The lowest BCUT2D eigenvalue weighted by atomic mass is 10.2. The van der Waals surface area contributed by atoms with E-state index in [1.54, 1.807) is 6.92 Å². The Morgan fingerprint density at radius 3 is 2.75 bits per heavy atom. The summed E-state index contributed by atoms with van der Waals surface area (Å²) in [4.78, 5) is 15.2. The Hall–Kier alpha value is -0.930. The number of nitrogens with zero attached hydrogens (tertiary/aromatic N) is 1. The van der Waals surface area contributed by atoms with Gasteiger partial charge in [0.25, 0.3) is 0 Å². The number of isothiocyanates is 1. The molecule has 0 heterocycles. The molecular weight excluding hydrogens is 269 g/mol. The molecule has 3 nitrogen and oxygen atoms in total. The third kappa shape index (κ3) is 3.03. The lowest BCUT2D eigenvalue weighted by Gasteiger charge is -2.05. The molecular formula is C10H7Cl2NO2S. The highest BCUT2D eigenvalue weighted by molar-refractivity contribution is 7.78. The largest absolute Gasteiger partial charge is 0.462 e. The minimum Gasteiger partial charge on any atom is -0.462 e. The summed E-state index contributed by atoms with van der Waals surface area (Å²) < 4.78 is 4.83. The van der Waals surface area contributed by atoms with Crippen LogP contribution in [0, 0.1) is 0 Å². The second kappa shape index (κ2) is 5.97. The van der Waals surface area contributed by atoms with E-state index in [-0.39, 0.29) is 17.2 Å². The molecule has 0 radical (unpaired) electrons. The average molecular weight is 276 g/mol. The molecule has 6 heteroatoms. The van der Waals surface area contributed by atoms with E-state index < -0.39 is 5.97 Å². The van der Waals surface area contributed by atoms with Crippen molar-refractivity contribution < 1.29 is 9.53 Å². The molecule has 0 fully saturated rings. The van der Waals surface area contributed by atoms with Crippen molar-refractivity contribution >= 4 is 52.2 Å². The first-order chi connectivity index (χ1) is 7.60. The van der Waals surface area contributed by atoms with Crippen molar-refractivity contribution in [2.45, 2.75) is 6.92 Å². The summed E-state index contributed by atoms with van der Waals surface area (Å²) >= 11 is 16.2. The molecule has 0 spiro atoms. The van der Waals surface area contributed by atoms with Gasteiger partial charge in [-0.05, 0) is 31.3 Å². The van der Waals surface area contributed by atoms with Crippen LogP contribution in [0.2, 0.25) is 10.0 Å². The van der Waals surface area contributed by atoms with Crippen molar-refractivity contribution in [3.8, 4) is 0 Å². The fraction of sp³-hybridized carbons (Fsp3) is 0.200. The van der Waals surface area contributed by atoms with E-state index in [9.17, 15) is 4.79 Å². The third-order valence-corrected chi connectivity index (χ3v) is 2.40. The zero-order valence-electron chi connectivity index (χ0n) is 8.29. The number of carbonyl (C=O) groups excluding carboxylic acids is 1. The molecule has 0 aliphatic rings. The van der Waals surface area contributed by atoms with Gasteiger partial charge >= 0.3 is 5.97 Å². The van der Waals surface area contributed by atoms with Crippen LogP contribution in [0.1, 0.15) is 17.3 Å². The number of ether oxygens (including phenoxy) is 1. The fourth-order valence-electron chi connectivity index (χ4n) is 1.04. The zero-order valence-corrected chi connectivity index (χ0v) is 10.6. The topological polar surface area (TPSA) is 38.7 Å². The predicted molar refractivity (Wildman–Crippen MR) is 67.1 cm³/mol. The van der Waals surface area contributed by atoms with Gasteiger partial charge in [-0.3, -0.25) is 0 Å². The van der Waals surface area contributed by atoms with Crippen LogP contribution < -0.4 is 0 Å². The molecule has 0 atom stereocenters. The summed E-state index contributed by atoms with van der Waals surface area (Å²) in [5, 5.41) is 2.69. The minimum absolute atomic E-state index is 0.205. The first kappa shape index (κ1) is 13.1. The molecule has 0 unspecified atom stereocenters. The van der Waals surface area contributed by atoms with Gasteiger partial charge < -0.3 is 4.74 Å². The number of hydrogen-bond acceptors (Lipinski definition) is 4. The van der Waals surface area contributed by atoms with E-state index >= 15 is 0 Å². The lowest BCUT2D eigenvalue weighted by molar-refractivity contribution is 0.0526. The SMILES string of the molecule is CCOC(=O)c1cc(N=C=S)c(Cl)cc1Cl. The van der Waals surface area contributed by atoms with E-state index in [1.807, 2.05) is 0 Å². The number of rotatable bonds is 3. The van der Waals surface area contributed by atoms with Crippen LogP contribution in [0.15, 0.2) is 17.1 Å². The first-order valence-electron chi connectivity index (χ1n) is 4.34. The third-order valence-electron chi connectivity index (χ3n) is 1.70. The van der Waals surface area contributed by atoms with Gasteiger partial charge in [-0.25, -0.2) is 4.79 Å². The standard InChI is InChI=1S/C10H7Cl2NO2S/c1-2-15-10(14)6-3-9(13-5-16)8(12)4-7(6)11/h3-4H,2H2,1H3. The molecule has 16 heavy (non-hydrogen) atoms. The van der Waals surface area contributed by atoms with Crippen LogP contribution in [0.5, 0.6) is 0 Å². The van der Waals surface area contributed by atoms with Crippen LogP contribution in [0.4, 0.5) is 5.69 Å². The highest BCUT2D eigenvalue weighted by Crippen LogP contribution is 2.31. The number of carbonyl (C=O) groups is 1. The molecule has 0 saturated heterocycles. The second-order valence-corrected chi connectivity index (χ2v) is 3.70. The monoisotopic (exact) mass is 275 g/mol.